The molecule has 4 rings (SSSR count). The van der Waals surface area contributed by atoms with Gasteiger partial charge in [0.15, 0.2) is 0 Å². The summed E-state index contributed by atoms with van der Waals surface area (Å²) < 4.78 is 7.39. The van der Waals surface area contributed by atoms with Gasteiger partial charge in [-0.05, 0) is 68.9 Å². The molecule has 1 aliphatic heterocycles. The summed E-state index contributed by atoms with van der Waals surface area (Å²) in [5.41, 5.74) is 3.24. The van der Waals surface area contributed by atoms with Crippen LogP contribution in [0.5, 0.6) is 0 Å². The van der Waals surface area contributed by atoms with Crippen LogP contribution in [0.3, 0.4) is 0 Å². The number of H-pyrrole nitrogens is 1. The molecule has 7 nitrogen and oxygen atoms in total. The van der Waals surface area contributed by atoms with Gasteiger partial charge in [-0.2, -0.15) is 11.8 Å². The molecule has 1 amide bonds. The minimum atomic E-state index is -0.361. The van der Waals surface area contributed by atoms with E-state index in [-0.39, 0.29) is 29.2 Å². The van der Waals surface area contributed by atoms with Gasteiger partial charge in [0.2, 0.25) is 0 Å². The maximum absolute atomic E-state index is 13.3. The highest BCUT2D eigenvalue weighted by atomic mass is 32.2. The average molecular weight is 455 g/mol. The number of aryl methyl sites for hydroxylation is 2. The van der Waals surface area contributed by atoms with Gasteiger partial charge in [-0.25, -0.2) is 4.98 Å². The molecule has 0 saturated carbocycles. The van der Waals surface area contributed by atoms with Crippen LogP contribution in [-0.2, 0) is 11.3 Å². The first-order chi connectivity index (χ1) is 15.5. The van der Waals surface area contributed by atoms with Crippen molar-refractivity contribution in [1.82, 2.24) is 19.9 Å². The van der Waals surface area contributed by atoms with Crippen LogP contribution in [-0.4, -0.2) is 45.2 Å². The van der Waals surface area contributed by atoms with Crippen LogP contribution in [0.1, 0.15) is 52.7 Å². The molecule has 3 heterocycles. The highest BCUT2D eigenvalue weighted by Gasteiger charge is 2.25. The van der Waals surface area contributed by atoms with Crippen LogP contribution in [0, 0.1) is 13.8 Å². The number of carbonyl (C=O) groups excluding carboxylic acids is 1. The van der Waals surface area contributed by atoms with Crippen LogP contribution in [0.25, 0.3) is 11.0 Å². The molecule has 2 N–H and O–H groups in total. The molecular weight excluding hydrogens is 424 g/mol. The molecule has 0 aliphatic carbocycles. The fourth-order valence-corrected chi connectivity index (χ4v) is 4.77. The molecule has 1 aliphatic rings. The molecule has 0 radical (unpaired) electrons. The number of benzene rings is 1. The number of para-hydroxylation sites is 2. The second kappa shape index (κ2) is 9.92. The largest absolute Gasteiger partial charge is 0.376 e. The summed E-state index contributed by atoms with van der Waals surface area (Å²) in [5, 5.41) is 3.08. The first-order valence-electron chi connectivity index (χ1n) is 11.0. The standard InChI is InChI=1S/C24H30N4O3S/c1-15-13-16(2)28(14-17-7-6-11-31-17)24(30)21(15)23(29)27-20(10-12-32-3)22-25-18-8-4-5-9-19(18)26-22/h4-5,8-9,13,17,20H,6-7,10-12,14H2,1-3H3,(H,25,26)(H,27,29). The number of nitrogens with zero attached hydrogens (tertiary/aromatic N) is 2. The number of thioether (sulfide) groups is 1. The maximum atomic E-state index is 13.3. The van der Waals surface area contributed by atoms with E-state index in [0.717, 1.165) is 41.9 Å². The molecule has 32 heavy (non-hydrogen) atoms. The number of amides is 1. The number of hydrogen-bond acceptors (Lipinski definition) is 5. The van der Waals surface area contributed by atoms with Crippen LogP contribution >= 0.6 is 11.8 Å². The molecule has 1 fully saturated rings. The first-order valence-corrected chi connectivity index (χ1v) is 12.4. The van der Waals surface area contributed by atoms with Crippen molar-refractivity contribution in [3.8, 4) is 0 Å². The summed E-state index contributed by atoms with van der Waals surface area (Å²) in [4.78, 5) is 34.7. The van der Waals surface area contributed by atoms with E-state index in [1.807, 2.05) is 50.4 Å². The van der Waals surface area contributed by atoms with E-state index in [4.69, 9.17) is 4.74 Å². The smallest absolute Gasteiger partial charge is 0.263 e. The number of nitrogens with one attached hydrogen (secondary N) is 2. The fraction of sp³-hybridized carbons (Fsp3) is 0.458. The molecule has 1 saturated heterocycles. The number of aromatic nitrogens is 3. The second-order valence-electron chi connectivity index (χ2n) is 8.34. The maximum Gasteiger partial charge on any atom is 0.263 e. The number of aromatic amines is 1. The zero-order chi connectivity index (χ0) is 22.7. The zero-order valence-corrected chi connectivity index (χ0v) is 19.6. The van der Waals surface area contributed by atoms with E-state index >= 15 is 0 Å². The van der Waals surface area contributed by atoms with Crippen molar-refractivity contribution in [3.63, 3.8) is 0 Å². The van der Waals surface area contributed by atoms with Crippen LogP contribution in [0.2, 0.25) is 0 Å². The topological polar surface area (TPSA) is 89.0 Å². The molecular formula is C24H30N4O3S. The van der Waals surface area contributed by atoms with E-state index in [1.165, 1.54) is 0 Å². The van der Waals surface area contributed by atoms with E-state index < -0.39 is 0 Å². The fourth-order valence-electron chi connectivity index (χ4n) is 4.30. The number of imidazole rings is 1. The van der Waals surface area contributed by atoms with E-state index in [1.54, 1.807) is 16.3 Å². The van der Waals surface area contributed by atoms with Crippen molar-refractivity contribution in [2.75, 3.05) is 18.6 Å². The van der Waals surface area contributed by atoms with Crippen molar-refractivity contribution in [2.45, 2.75) is 51.8 Å². The third kappa shape index (κ3) is 4.76. The lowest BCUT2D eigenvalue weighted by Gasteiger charge is -2.20. The van der Waals surface area contributed by atoms with Gasteiger partial charge in [0.05, 0.1) is 29.7 Å². The van der Waals surface area contributed by atoms with Gasteiger partial charge in [-0.15, -0.1) is 0 Å². The minimum Gasteiger partial charge on any atom is -0.376 e. The third-order valence-corrected chi connectivity index (χ3v) is 6.64. The molecule has 0 bridgehead atoms. The molecule has 0 spiro atoms. The van der Waals surface area contributed by atoms with Gasteiger partial charge in [-0.1, -0.05) is 12.1 Å². The van der Waals surface area contributed by atoms with Crippen molar-refractivity contribution in [3.05, 3.63) is 63.3 Å². The molecule has 2 unspecified atom stereocenters. The Balaban J connectivity index is 1.63. The predicted molar refractivity (Wildman–Crippen MR) is 128 cm³/mol. The summed E-state index contributed by atoms with van der Waals surface area (Å²) in [7, 11) is 0. The quantitative estimate of drug-likeness (QED) is 0.541. The molecule has 2 atom stereocenters. The van der Waals surface area contributed by atoms with Crippen molar-refractivity contribution in [1.29, 1.82) is 0 Å². The minimum absolute atomic E-state index is 0.0230. The highest BCUT2D eigenvalue weighted by molar-refractivity contribution is 7.98. The first kappa shape index (κ1) is 22.6. The van der Waals surface area contributed by atoms with Gasteiger partial charge in [0.25, 0.3) is 11.5 Å². The number of rotatable bonds is 8. The molecule has 3 aromatic rings. The van der Waals surface area contributed by atoms with E-state index in [9.17, 15) is 9.59 Å². The predicted octanol–water partition coefficient (Wildman–Crippen LogP) is 3.74. The Hall–Kier alpha value is -2.58. The van der Waals surface area contributed by atoms with Gasteiger partial charge in [0.1, 0.15) is 11.4 Å². The lowest BCUT2D eigenvalue weighted by Crippen LogP contribution is -2.38. The molecule has 2 aromatic heterocycles. The summed E-state index contributed by atoms with van der Waals surface area (Å²) in [6.07, 6.45) is 4.71. The number of carbonyl (C=O) groups is 1. The molecule has 170 valence electrons. The Morgan fingerprint density at radius 1 is 1.38 bits per heavy atom. The average Bonchev–Trinajstić information content (AvgIpc) is 3.43. The summed E-state index contributed by atoms with van der Waals surface area (Å²) in [6.45, 7) is 4.93. The van der Waals surface area contributed by atoms with Gasteiger partial charge in [-0.3, -0.25) is 9.59 Å². The Bertz CT molecular complexity index is 1130. The van der Waals surface area contributed by atoms with Crippen LogP contribution < -0.4 is 10.9 Å². The van der Waals surface area contributed by atoms with Gasteiger partial charge in [0, 0.05) is 12.3 Å². The Morgan fingerprint density at radius 3 is 2.91 bits per heavy atom. The van der Waals surface area contributed by atoms with E-state index in [0.29, 0.717) is 24.4 Å². The number of pyridine rings is 1. The summed E-state index contributed by atoms with van der Waals surface area (Å²) in [6, 6.07) is 9.39. The lowest BCUT2D eigenvalue weighted by molar-refractivity contribution is 0.0915. The Morgan fingerprint density at radius 2 is 2.19 bits per heavy atom. The number of ether oxygens (including phenoxy) is 1. The molecule has 8 heteroatoms. The monoisotopic (exact) mass is 454 g/mol. The van der Waals surface area contributed by atoms with E-state index in [2.05, 4.69) is 15.3 Å². The van der Waals surface area contributed by atoms with Crippen LogP contribution in [0.15, 0.2) is 35.1 Å². The highest BCUT2D eigenvalue weighted by Crippen LogP contribution is 2.21. The van der Waals surface area contributed by atoms with Crippen molar-refractivity contribution >= 4 is 28.7 Å². The molecule has 1 aromatic carbocycles. The van der Waals surface area contributed by atoms with Gasteiger partial charge >= 0.3 is 0 Å². The Kier molecular flexibility index (Phi) is 7.01. The van der Waals surface area contributed by atoms with Crippen LogP contribution in [0.4, 0.5) is 0 Å². The summed E-state index contributed by atoms with van der Waals surface area (Å²) >= 11 is 1.71. The lowest BCUT2D eigenvalue weighted by atomic mass is 10.1. The van der Waals surface area contributed by atoms with Crippen molar-refractivity contribution < 1.29 is 9.53 Å². The third-order valence-electron chi connectivity index (χ3n) is 6.00. The second-order valence-corrected chi connectivity index (χ2v) is 9.33. The van der Waals surface area contributed by atoms with Gasteiger partial charge < -0.3 is 19.6 Å². The SMILES string of the molecule is CSCCC(NC(=O)c1c(C)cc(C)n(CC2CCCO2)c1=O)c1nc2ccccc2[nH]1. The summed E-state index contributed by atoms with van der Waals surface area (Å²) in [5.74, 6) is 1.20. The number of hydrogen-bond donors (Lipinski definition) is 2. The zero-order valence-electron chi connectivity index (χ0n) is 18.8. The van der Waals surface area contributed by atoms with Crippen molar-refractivity contribution in [2.24, 2.45) is 0 Å². The number of fused-ring (bicyclic) bond motifs is 1. The Labute approximate surface area is 192 Å². The normalized spacial score (nSPS) is 17.0.